The van der Waals surface area contributed by atoms with Crippen LogP contribution in [0.4, 0.5) is 0 Å². The van der Waals surface area contributed by atoms with Gasteiger partial charge >= 0.3 is 5.97 Å². The van der Waals surface area contributed by atoms with Gasteiger partial charge in [0.1, 0.15) is 5.76 Å². The van der Waals surface area contributed by atoms with E-state index < -0.39 is 0 Å². The molecule has 0 saturated heterocycles. The van der Waals surface area contributed by atoms with Crippen LogP contribution < -0.4 is 0 Å². The van der Waals surface area contributed by atoms with Gasteiger partial charge in [0.2, 0.25) is 0 Å². The van der Waals surface area contributed by atoms with E-state index in [1.807, 2.05) is 24.3 Å². The third-order valence-corrected chi connectivity index (χ3v) is 2.23. The summed E-state index contributed by atoms with van der Waals surface area (Å²) in [5.74, 6) is 0.482. The van der Waals surface area contributed by atoms with Gasteiger partial charge in [0.25, 0.3) is 0 Å². The maximum Gasteiger partial charge on any atom is 0.344 e. The van der Waals surface area contributed by atoms with Gasteiger partial charge in [-0.3, -0.25) is 0 Å². The molecule has 0 bridgehead atoms. The Bertz CT molecular complexity index is 391. The number of hydrogen-bond acceptors (Lipinski definition) is 2. The van der Waals surface area contributed by atoms with E-state index in [-0.39, 0.29) is 5.97 Å². The van der Waals surface area contributed by atoms with Crippen LogP contribution in [0.3, 0.4) is 0 Å². The number of rotatable bonds is 2. The lowest BCUT2D eigenvalue weighted by atomic mass is 10.1. The van der Waals surface area contributed by atoms with Crippen molar-refractivity contribution in [2.24, 2.45) is 0 Å². The molecule has 1 aromatic rings. The SMILES string of the molecule is CCC/C=C1/OC(=O)c2ccccc21. The fourth-order valence-corrected chi connectivity index (χ4v) is 1.51. The molecular weight excluding hydrogens is 176 g/mol. The fraction of sp³-hybridized carbons (Fsp3) is 0.250. The number of esters is 1. The molecule has 2 nitrogen and oxygen atoms in total. The molecule has 0 spiro atoms. The Morgan fingerprint density at radius 1 is 1.29 bits per heavy atom. The van der Waals surface area contributed by atoms with Gasteiger partial charge in [-0.05, 0) is 18.6 Å². The summed E-state index contributed by atoms with van der Waals surface area (Å²) in [6.07, 6.45) is 3.98. The minimum Gasteiger partial charge on any atom is -0.423 e. The van der Waals surface area contributed by atoms with Crippen molar-refractivity contribution < 1.29 is 9.53 Å². The Labute approximate surface area is 83.2 Å². The van der Waals surface area contributed by atoms with Gasteiger partial charge in [0, 0.05) is 5.56 Å². The average molecular weight is 188 g/mol. The van der Waals surface area contributed by atoms with Crippen LogP contribution in [-0.4, -0.2) is 5.97 Å². The molecule has 0 N–H and O–H groups in total. The van der Waals surface area contributed by atoms with Crippen molar-refractivity contribution in [1.82, 2.24) is 0 Å². The van der Waals surface area contributed by atoms with Crippen LogP contribution >= 0.6 is 0 Å². The maximum atomic E-state index is 11.4. The minimum absolute atomic E-state index is 0.233. The van der Waals surface area contributed by atoms with Gasteiger partial charge in [-0.25, -0.2) is 4.79 Å². The predicted molar refractivity (Wildman–Crippen MR) is 54.7 cm³/mol. The second-order valence-corrected chi connectivity index (χ2v) is 3.29. The zero-order chi connectivity index (χ0) is 9.97. The Morgan fingerprint density at radius 2 is 2.00 bits per heavy atom. The number of carbonyl (C=O) groups excluding carboxylic acids is 1. The van der Waals surface area contributed by atoms with E-state index in [1.54, 1.807) is 6.07 Å². The summed E-state index contributed by atoms with van der Waals surface area (Å²) in [6.45, 7) is 2.10. The van der Waals surface area contributed by atoms with Gasteiger partial charge in [-0.2, -0.15) is 0 Å². The van der Waals surface area contributed by atoms with Crippen molar-refractivity contribution in [3.63, 3.8) is 0 Å². The van der Waals surface area contributed by atoms with Crippen molar-refractivity contribution in [3.05, 3.63) is 41.5 Å². The van der Waals surface area contributed by atoms with Gasteiger partial charge in [-0.15, -0.1) is 0 Å². The van der Waals surface area contributed by atoms with E-state index in [4.69, 9.17) is 4.74 Å². The van der Waals surface area contributed by atoms with E-state index in [1.165, 1.54) is 0 Å². The van der Waals surface area contributed by atoms with Gasteiger partial charge in [0.15, 0.2) is 0 Å². The summed E-state index contributed by atoms with van der Waals surface area (Å²) >= 11 is 0. The molecule has 1 aliphatic rings. The molecular formula is C12H12O2. The highest BCUT2D eigenvalue weighted by atomic mass is 16.5. The van der Waals surface area contributed by atoms with Crippen LogP contribution in [0.5, 0.6) is 0 Å². The molecule has 2 rings (SSSR count). The second-order valence-electron chi connectivity index (χ2n) is 3.29. The first-order chi connectivity index (χ1) is 6.83. The molecule has 1 aliphatic heterocycles. The Kier molecular flexibility index (Phi) is 2.35. The summed E-state index contributed by atoms with van der Waals surface area (Å²) in [5, 5.41) is 0. The van der Waals surface area contributed by atoms with Crippen LogP contribution in [0.25, 0.3) is 5.76 Å². The van der Waals surface area contributed by atoms with Gasteiger partial charge in [-0.1, -0.05) is 31.5 Å². The number of hydrogen-bond donors (Lipinski definition) is 0. The van der Waals surface area contributed by atoms with Crippen molar-refractivity contribution in [2.75, 3.05) is 0 Å². The summed E-state index contributed by atoms with van der Waals surface area (Å²) in [5.41, 5.74) is 1.60. The minimum atomic E-state index is -0.233. The van der Waals surface area contributed by atoms with Crippen molar-refractivity contribution in [3.8, 4) is 0 Å². The van der Waals surface area contributed by atoms with E-state index >= 15 is 0 Å². The smallest absolute Gasteiger partial charge is 0.344 e. The number of benzene rings is 1. The first kappa shape index (κ1) is 9.00. The lowest BCUT2D eigenvalue weighted by Crippen LogP contribution is -1.92. The normalized spacial score (nSPS) is 16.9. The molecule has 1 heterocycles. The highest BCUT2D eigenvalue weighted by Gasteiger charge is 2.24. The standard InChI is InChI=1S/C12H12O2/c1-2-3-8-11-9-6-4-5-7-10(9)12(13)14-11/h4-8H,2-3H2,1H3/b11-8+. The zero-order valence-corrected chi connectivity index (χ0v) is 8.12. The molecule has 0 saturated carbocycles. The summed E-state index contributed by atoms with van der Waals surface area (Å²) in [7, 11) is 0. The Hall–Kier alpha value is -1.57. The topological polar surface area (TPSA) is 26.3 Å². The second kappa shape index (κ2) is 3.66. The highest BCUT2D eigenvalue weighted by Crippen LogP contribution is 2.29. The van der Waals surface area contributed by atoms with E-state index in [2.05, 4.69) is 6.92 Å². The molecule has 0 aromatic heterocycles. The summed E-state index contributed by atoms with van der Waals surface area (Å²) < 4.78 is 5.16. The van der Waals surface area contributed by atoms with Crippen LogP contribution in [0.1, 0.15) is 35.7 Å². The molecule has 0 unspecified atom stereocenters. The fourth-order valence-electron chi connectivity index (χ4n) is 1.51. The molecule has 0 atom stereocenters. The molecule has 1 aromatic carbocycles. The van der Waals surface area contributed by atoms with Gasteiger partial charge < -0.3 is 4.74 Å². The number of allylic oxidation sites excluding steroid dienone is 1. The molecule has 2 heteroatoms. The first-order valence-electron chi connectivity index (χ1n) is 4.84. The lowest BCUT2D eigenvalue weighted by Gasteiger charge is -1.96. The molecule has 72 valence electrons. The van der Waals surface area contributed by atoms with E-state index in [0.29, 0.717) is 11.3 Å². The van der Waals surface area contributed by atoms with Crippen LogP contribution in [0, 0.1) is 0 Å². The molecule has 0 fully saturated rings. The van der Waals surface area contributed by atoms with Crippen molar-refractivity contribution in [2.45, 2.75) is 19.8 Å². The van der Waals surface area contributed by atoms with Crippen molar-refractivity contribution in [1.29, 1.82) is 0 Å². The Balaban J connectivity index is 2.39. The number of carbonyl (C=O) groups is 1. The quantitative estimate of drug-likeness (QED) is 0.667. The number of fused-ring (bicyclic) bond motifs is 1. The van der Waals surface area contributed by atoms with E-state index in [9.17, 15) is 4.79 Å². The third kappa shape index (κ3) is 1.43. The lowest BCUT2D eigenvalue weighted by molar-refractivity contribution is 0.0715. The molecule has 0 aliphatic carbocycles. The molecule has 14 heavy (non-hydrogen) atoms. The monoisotopic (exact) mass is 188 g/mol. The number of ether oxygens (including phenoxy) is 1. The van der Waals surface area contributed by atoms with Gasteiger partial charge in [0.05, 0.1) is 5.56 Å². The summed E-state index contributed by atoms with van der Waals surface area (Å²) in [4.78, 5) is 11.4. The molecule has 0 amide bonds. The van der Waals surface area contributed by atoms with Crippen LogP contribution in [0.2, 0.25) is 0 Å². The predicted octanol–water partition coefficient (Wildman–Crippen LogP) is 3.00. The maximum absolute atomic E-state index is 11.4. The first-order valence-corrected chi connectivity index (χ1v) is 4.84. The third-order valence-electron chi connectivity index (χ3n) is 2.23. The highest BCUT2D eigenvalue weighted by molar-refractivity contribution is 6.02. The zero-order valence-electron chi connectivity index (χ0n) is 8.12. The number of unbranched alkanes of at least 4 members (excludes halogenated alkanes) is 1. The number of cyclic esters (lactones) is 1. The van der Waals surface area contributed by atoms with Crippen molar-refractivity contribution >= 4 is 11.7 Å². The largest absolute Gasteiger partial charge is 0.423 e. The Morgan fingerprint density at radius 3 is 2.71 bits per heavy atom. The van der Waals surface area contributed by atoms with Crippen LogP contribution in [0.15, 0.2) is 30.3 Å². The average Bonchev–Trinajstić information content (AvgIpc) is 2.54. The van der Waals surface area contributed by atoms with E-state index in [0.717, 1.165) is 18.4 Å². The summed E-state index contributed by atoms with van der Waals surface area (Å²) in [6, 6.07) is 7.48. The molecule has 0 radical (unpaired) electrons. The van der Waals surface area contributed by atoms with Crippen LogP contribution in [-0.2, 0) is 4.74 Å².